The Labute approximate surface area is 156 Å². The monoisotopic (exact) mass is 372 g/mol. The first-order chi connectivity index (χ1) is 12.9. The lowest BCUT2D eigenvalue weighted by molar-refractivity contribution is -0.385. The van der Waals surface area contributed by atoms with Gasteiger partial charge in [-0.25, -0.2) is 4.79 Å². The Hall–Kier alpha value is -3.42. The molecule has 0 aliphatic carbocycles. The molecule has 0 bridgehead atoms. The number of ether oxygens (including phenoxy) is 2. The van der Waals surface area contributed by atoms with Crippen LogP contribution in [0.4, 0.5) is 5.69 Å². The Morgan fingerprint density at radius 1 is 1.19 bits per heavy atom. The average molecular weight is 372 g/mol. The van der Waals surface area contributed by atoms with Crippen LogP contribution in [-0.4, -0.2) is 30.0 Å². The van der Waals surface area contributed by atoms with Gasteiger partial charge in [-0.2, -0.15) is 0 Å². The van der Waals surface area contributed by atoms with Gasteiger partial charge in [-0.15, -0.1) is 0 Å². The zero-order valence-electron chi connectivity index (χ0n) is 15.1. The molecule has 0 aromatic heterocycles. The summed E-state index contributed by atoms with van der Waals surface area (Å²) in [6.07, 6.45) is 0. The molecule has 0 atom stereocenters. The second-order valence-corrected chi connectivity index (χ2v) is 5.65. The van der Waals surface area contributed by atoms with Crippen molar-refractivity contribution in [2.45, 2.75) is 20.4 Å². The van der Waals surface area contributed by atoms with Crippen molar-refractivity contribution in [2.75, 3.05) is 13.2 Å². The quantitative estimate of drug-likeness (QED) is 0.434. The van der Waals surface area contributed by atoms with Crippen LogP contribution in [0.15, 0.2) is 42.5 Å². The third kappa shape index (κ3) is 5.53. The Balaban J connectivity index is 1.93. The number of nitro benzene ring substituents is 1. The van der Waals surface area contributed by atoms with E-state index >= 15 is 0 Å². The minimum absolute atomic E-state index is 0.0307. The summed E-state index contributed by atoms with van der Waals surface area (Å²) in [6, 6.07) is 11.3. The molecule has 0 saturated heterocycles. The Morgan fingerprint density at radius 3 is 2.59 bits per heavy atom. The molecule has 8 heteroatoms. The smallest absolute Gasteiger partial charge is 0.338 e. The summed E-state index contributed by atoms with van der Waals surface area (Å²) >= 11 is 0. The van der Waals surface area contributed by atoms with E-state index in [-0.39, 0.29) is 23.6 Å². The molecule has 0 aliphatic rings. The maximum Gasteiger partial charge on any atom is 0.338 e. The molecular formula is C19H20N2O6. The molecule has 1 N–H and O–H groups in total. The van der Waals surface area contributed by atoms with E-state index in [1.165, 1.54) is 12.1 Å². The molecule has 0 radical (unpaired) electrons. The fourth-order valence-corrected chi connectivity index (χ4v) is 2.33. The van der Waals surface area contributed by atoms with Crippen molar-refractivity contribution in [1.29, 1.82) is 0 Å². The van der Waals surface area contributed by atoms with Crippen LogP contribution in [0.1, 0.15) is 28.4 Å². The normalized spacial score (nSPS) is 10.1. The number of hydrogen-bond acceptors (Lipinski definition) is 6. The van der Waals surface area contributed by atoms with Crippen molar-refractivity contribution in [3.05, 3.63) is 69.3 Å². The van der Waals surface area contributed by atoms with Crippen LogP contribution >= 0.6 is 0 Å². The topological polar surface area (TPSA) is 108 Å². The van der Waals surface area contributed by atoms with Crippen LogP contribution in [0, 0.1) is 17.0 Å². The lowest BCUT2D eigenvalue weighted by Gasteiger charge is -2.09. The highest BCUT2D eigenvalue weighted by Gasteiger charge is 2.20. The number of carbonyl (C=O) groups is 2. The summed E-state index contributed by atoms with van der Waals surface area (Å²) in [5, 5.41) is 13.8. The van der Waals surface area contributed by atoms with Crippen LogP contribution in [0.2, 0.25) is 0 Å². The van der Waals surface area contributed by atoms with Crippen LogP contribution in [0.5, 0.6) is 5.75 Å². The number of carbonyl (C=O) groups excluding carboxylic acids is 2. The lowest BCUT2D eigenvalue weighted by atomic mass is 10.1. The number of esters is 1. The van der Waals surface area contributed by atoms with E-state index in [2.05, 4.69) is 5.32 Å². The van der Waals surface area contributed by atoms with E-state index in [1.54, 1.807) is 6.92 Å². The van der Waals surface area contributed by atoms with Crippen molar-refractivity contribution in [3.8, 4) is 5.75 Å². The van der Waals surface area contributed by atoms with E-state index in [0.29, 0.717) is 6.54 Å². The molecule has 27 heavy (non-hydrogen) atoms. The first-order valence-electron chi connectivity index (χ1n) is 8.32. The summed E-state index contributed by atoms with van der Waals surface area (Å²) in [6.45, 7) is 3.72. The molecule has 2 aromatic rings. The fourth-order valence-electron chi connectivity index (χ4n) is 2.33. The van der Waals surface area contributed by atoms with Crippen LogP contribution in [-0.2, 0) is 16.1 Å². The van der Waals surface area contributed by atoms with E-state index in [9.17, 15) is 19.7 Å². The number of aryl methyl sites for hydroxylation is 1. The molecule has 142 valence electrons. The second-order valence-electron chi connectivity index (χ2n) is 5.65. The number of amides is 1. The first-order valence-corrected chi connectivity index (χ1v) is 8.32. The van der Waals surface area contributed by atoms with Crippen molar-refractivity contribution in [1.82, 2.24) is 5.32 Å². The molecule has 0 heterocycles. The van der Waals surface area contributed by atoms with Gasteiger partial charge in [0.1, 0.15) is 0 Å². The van der Waals surface area contributed by atoms with Crippen LogP contribution in [0.25, 0.3) is 0 Å². The molecule has 8 nitrogen and oxygen atoms in total. The van der Waals surface area contributed by atoms with Gasteiger partial charge in [0.25, 0.3) is 5.91 Å². The third-order valence-corrected chi connectivity index (χ3v) is 3.76. The SMILES string of the molecule is CCOc1ccc(C(=O)OCC(=O)NCc2ccccc2C)cc1[N+](=O)[O-]. The molecule has 2 aromatic carbocycles. The maximum atomic E-state index is 12.1. The molecule has 1 amide bonds. The highest BCUT2D eigenvalue weighted by atomic mass is 16.6. The van der Waals surface area contributed by atoms with E-state index in [0.717, 1.165) is 17.2 Å². The van der Waals surface area contributed by atoms with Gasteiger partial charge >= 0.3 is 11.7 Å². The van der Waals surface area contributed by atoms with Gasteiger partial charge in [0.15, 0.2) is 12.4 Å². The number of rotatable bonds is 8. The Morgan fingerprint density at radius 2 is 1.93 bits per heavy atom. The maximum absolute atomic E-state index is 12.1. The summed E-state index contributed by atoms with van der Waals surface area (Å²) in [5.41, 5.74) is 1.63. The first kappa shape index (κ1) is 19.9. The standard InChI is InChI=1S/C19H20N2O6/c1-3-26-17-9-8-14(10-16(17)21(24)25)19(23)27-12-18(22)20-11-15-7-5-4-6-13(15)2/h4-10H,3,11-12H2,1-2H3,(H,20,22). The summed E-state index contributed by atoms with van der Waals surface area (Å²) in [4.78, 5) is 34.4. The highest BCUT2D eigenvalue weighted by molar-refractivity contribution is 5.92. The zero-order chi connectivity index (χ0) is 19.8. The van der Waals surface area contributed by atoms with Gasteiger partial charge < -0.3 is 14.8 Å². The number of hydrogen-bond donors (Lipinski definition) is 1. The fraction of sp³-hybridized carbons (Fsp3) is 0.263. The number of nitro groups is 1. The average Bonchev–Trinajstić information content (AvgIpc) is 2.65. The Bertz CT molecular complexity index is 850. The zero-order valence-corrected chi connectivity index (χ0v) is 15.1. The predicted molar refractivity (Wildman–Crippen MR) is 97.6 cm³/mol. The van der Waals surface area contributed by atoms with Crippen LogP contribution < -0.4 is 10.1 Å². The number of nitrogens with zero attached hydrogens (tertiary/aromatic N) is 1. The number of nitrogens with one attached hydrogen (secondary N) is 1. The van der Waals surface area contributed by atoms with Crippen molar-refractivity contribution in [3.63, 3.8) is 0 Å². The van der Waals surface area contributed by atoms with Crippen molar-refractivity contribution >= 4 is 17.6 Å². The molecule has 0 spiro atoms. The second kappa shape index (κ2) is 9.33. The van der Waals surface area contributed by atoms with E-state index in [1.807, 2.05) is 31.2 Å². The third-order valence-electron chi connectivity index (χ3n) is 3.76. The summed E-state index contributed by atoms with van der Waals surface area (Å²) in [5.74, 6) is -1.23. The summed E-state index contributed by atoms with van der Waals surface area (Å²) in [7, 11) is 0. The number of benzene rings is 2. The van der Waals surface area contributed by atoms with E-state index < -0.39 is 23.4 Å². The van der Waals surface area contributed by atoms with Crippen molar-refractivity contribution < 1.29 is 24.0 Å². The predicted octanol–water partition coefficient (Wildman–Crippen LogP) is 2.78. The largest absolute Gasteiger partial charge is 0.487 e. The minimum Gasteiger partial charge on any atom is -0.487 e. The molecule has 0 aliphatic heterocycles. The molecule has 0 saturated carbocycles. The summed E-state index contributed by atoms with van der Waals surface area (Å²) < 4.78 is 10.1. The highest BCUT2D eigenvalue weighted by Crippen LogP contribution is 2.28. The van der Waals surface area contributed by atoms with Gasteiger partial charge in [0.05, 0.1) is 17.1 Å². The van der Waals surface area contributed by atoms with Gasteiger partial charge in [0, 0.05) is 12.6 Å². The molecule has 0 fully saturated rings. The van der Waals surface area contributed by atoms with Crippen molar-refractivity contribution in [2.24, 2.45) is 0 Å². The Kier molecular flexibility index (Phi) is 6.87. The van der Waals surface area contributed by atoms with Crippen LogP contribution in [0.3, 0.4) is 0 Å². The van der Waals surface area contributed by atoms with E-state index in [4.69, 9.17) is 9.47 Å². The van der Waals surface area contributed by atoms with Gasteiger partial charge in [-0.1, -0.05) is 24.3 Å². The molecule has 2 rings (SSSR count). The molecular weight excluding hydrogens is 352 g/mol. The van der Waals surface area contributed by atoms with Gasteiger partial charge in [-0.05, 0) is 37.1 Å². The van der Waals surface area contributed by atoms with Gasteiger partial charge in [-0.3, -0.25) is 14.9 Å². The lowest BCUT2D eigenvalue weighted by Crippen LogP contribution is -2.28. The minimum atomic E-state index is -0.827. The molecule has 0 unspecified atom stereocenters. The van der Waals surface area contributed by atoms with Gasteiger partial charge in [0.2, 0.25) is 0 Å².